The molecule has 5 nitrogen and oxygen atoms in total. The van der Waals surface area contributed by atoms with Crippen LogP contribution in [0.5, 0.6) is 5.75 Å². The number of aromatic nitrogens is 2. The van der Waals surface area contributed by atoms with Crippen LogP contribution >= 0.6 is 0 Å². The standard InChI is InChI=1S/C29H31N3O2/c1-22-10-8-11-23(2)29(22)34-21-20-32-26-15-7-6-14-25(26)31-27(32)16-9-19-30-28(33)18-17-24-12-4-3-5-13-24/h3-8,10-15,17-18H,9,16,19-21H2,1-2H3,(H,30,33)/b18-17+. The lowest BCUT2D eigenvalue weighted by atomic mass is 10.1. The third-order valence-electron chi connectivity index (χ3n) is 5.81. The Labute approximate surface area is 201 Å². The molecule has 0 bridgehead atoms. The fraction of sp³-hybridized carbons (Fsp3) is 0.241. The van der Waals surface area contributed by atoms with Crippen molar-refractivity contribution in [3.8, 4) is 5.75 Å². The van der Waals surface area contributed by atoms with Crippen LogP contribution < -0.4 is 10.1 Å². The summed E-state index contributed by atoms with van der Waals surface area (Å²) in [7, 11) is 0. The summed E-state index contributed by atoms with van der Waals surface area (Å²) in [6, 6.07) is 24.2. The SMILES string of the molecule is Cc1cccc(C)c1OCCn1c(CCCNC(=O)/C=C/c2ccccc2)nc2ccccc21. The predicted octanol–water partition coefficient (Wildman–Crippen LogP) is 5.49. The van der Waals surface area contributed by atoms with Crippen molar-refractivity contribution in [2.45, 2.75) is 33.2 Å². The number of amides is 1. The zero-order chi connectivity index (χ0) is 23.8. The summed E-state index contributed by atoms with van der Waals surface area (Å²) in [6.45, 7) is 6.03. The fourth-order valence-electron chi connectivity index (χ4n) is 4.08. The highest BCUT2D eigenvalue weighted by Crippen LogP contribution is 2.23. The molecular weight excluding hydrogens is 422 g/mol. The maximum Gasteiger partial charge on any atom is 0.243 e. The number of hydrogen-bond acceptors (Lipinski definition) is 3. The molecule has 5 heteroatoms. The molecule has 0 fully saturated rings. The number of hydrogen-bond donors (Lipinski definition) is 1. The fourth-order valence-corrected chi connectivity index (χ4v) is 4.08. The first-order valence-electron chi connectivity index (χ1n) is 11.8. The zero-order valence-corrected chi connectivity index (χ0v) is 19.8. The number of ether oxygens (including phenoxy) is 1. The molecule has 0 saturated heterocycles. The second-order valence-electron chi connectivity index (χ2n) is 8.38. The summed E-state index contributed by atoms with van der Waals surface area (Å²) in [5, 5.41) is 2.97. The van der Waals surface area contributed by atoms with Crippen molar-refractivity contribution in [2.24, 2.45) is 0 Å². The van der Waals surface area contributed by atoms with Gasteiger partial charge in [0.25, 0.3) is 0 Å². The predicted molar refractivity (Wildman–Crippen MR) is 138 cm³/mol. The molecule has 3 aromatic carbocycles. The van der Waals surface area contributed by atoms with E-state index in [4.69, 9.17) is 9.72 Å². The Kier molecular flexibility index (Phi) is 7.76. The summed E-state index contributed by atoms with van der Waals surface area (Å²) in [5.41, 5.74) is 5.40. The highest BCUT2D eigenvalue weighted by molar-refractivity contribution is 5.91. The molecule has 0 unspecified atom stereocenters. The Hall–Kier alpha value is -3.86. The van der Waals surface area contributed by atoms with E-state index < -0.39 is 0 Å². The minimum atomic E-state index is -0.0839. The molecule has 0 aliphatic rings. The quantitative estimate of drug-likeness (QED) is 0.255. The van der Waals surface area contributed by atoms with E-state index in [1.165, 1.54) is 0 Å². The van der Waals surface area contributed by atoms with Gasteiger partial charge in [-0.05, 0) is 55.2 Å². The molecule has 1 heterocycles. The van der Waals surface area contributed by atoms with Crippen LogP contribution in [-0.2, 0) is 17.8 Å². The number of rotatable bonds is 10. The van der Waals surface area contributed by atoms with Gasteiger partial charge in [0.1, 0.15) is 18.2 Å². The van der Waals surface area contributed by atoms with Gasteiger partial charge in [0, 0.05) is 19.0 Å². The minimum absolute atomic E-state index is 0.0839. The molecule has 4 rings (SSSR count). The lowest BCUT2D eigenvalue weighted by Gasteiger charge is -2.14. The topological polar surface area (TPSA) is 56.1 Å². The number of imidazole rings is 1. The number of benzene rings is 3. The molecule has 1 aromatic heterocycles. The maximum atomic E-state index is 12.1. The first-order chi connectivity index (χ1) is 16.6. The van der Waals surface area contributed by atoms with E-state index >= 15 is 0 Å². The Morgan fingerprint density at radius 3 is 2.50 bits per heavy atom. The largest absolute Gasteiger partial charge is 0.491 e. The van der Waals surface area contributed by atoms with Crippen molar-refractivity contribution in [3.05, 3.63) is 101 Å². The number of fused-ring (bicyclic) bond motifs is 1. The van der Waals surface area contributed by atoms with Crippen molar-refractivity contribution in [1.82, 2.24) is 14.9 Å². The lowest BCUT2D eigenvalue weighted by Crippen LogP contribution is -2.23. The van der Waals surface area contributed by atoms with Crippen LogP contribution in [0.25, 0.3) is 17.1 Å². The van der Waals surface area contributed by atoms with Crippen LogP contribution in [0.3, 0.4) is 0 Å². The maximum absolute atomic E-state index is 12.1. The van der Waals surface area contributed by atoms with E-state index in [9.17, 15) is 4.79 Å². The van der Waals surface area contributed by atoms with Crippen molar-refractivity contribution in [3.63, 3.8) is 0 Å². The van der Waals surface area contributed by atoms with E-state index in [0.717, 1.165) is 58.7 Å². The van der Waals surface area contributed by atoms with Crippen LogP contribution in [0.4, 0.5) is 0 Å². The van der Waals surface area contributed by atoms with Gasteiger partial charge in [-0.2, -0.15) is 0 Å². The van der Waals surface area contributed by atoms with Crippen molar-refractivity contribution >= 4 is 23.0 Å². The zero-order valence-electron chi connectivity index (χ0n) is 19.8. The number of aryl methyl sites for hydroxylation is 3. The Morgan fingerprint density at radius 2 is 1.71 bits per heavy atom. The molecule has 174 valence electrons. The van der Waals surface area contributed by atoms with Gasteiger partial charge in [-0.1, -0.05) is 60.7 Å². The first kappa shape index (κ1) is 23.3. The molecule has 34 heavy (non-hydrogen) atoms. The molecule has 4 aromatic rings. The van der Waals surface area contributed by atoms with Gasteiger partial charge in [-0.25, -0.2) is 4.98 Å². The number of carbonyl (C=O) groups excluding carboxylic acids is 1. The summed E-state index contributed by atoms with van der Waals surface area (Å²) in [4.78, 5) is 17.0. The van der Waals surface area contributed by atoms with Gasteiger partial charge >= 0.3 is 0 Å². The number of nitrogens with zero attached hydrogens (tertiary/aromatic N) is 2. The third-order valence-corrected chi connectivity index (χ3v) is 5.81. The molecule has 0 saturated carbocycles. The van der Waals surface area contributed by atoms with Crippen LogP contribution in [-0.4, -0.2) is 28.6 Å². The van der Waals surface area contributed by atoms with E-state index in [2.05, 4.69) is 48.0 Å². The van der Waals surface area contributed by atoms with Crippen molar-refractivity contribution in [2.75, 3.05) is 13.2 Å². The third kappa shape index (κ3) is 5.93. The molecule has 0 spiro atoms. The molecule has 1 amide bonds. The minimum Gasteiger partial charge on any atom is -0.491 e. The first-order valence-corrected chi connectivity index (χ1v) is 11.8. The van der Waals surface area contributed by atoms with Crippen molar-refractivity contribution < 1.29 is 9.53 Å². The van der Waals surface area contributed by atoms with Gasteiger partial charge in [-0.3, -0.25) is 4.79 Å². The Balaban J connectivity index is 1.34. The summed E-state index contributed by atoms with van der Waals surface area (Å²) in [6.07, 6.45) is 4.99. The second-order valence-corrected chi connectivity index (χ2v) is 8.38. The summed E-state index contributed by atoms with van der Waals surface area (Å²) < 4.78 is 8.39. The highest BCUT2D eigenvalue weighted by atomic mass is 16.5. The van der Waals surface area contributed by atoms with E-state index in [0.29, 0.717) is 13.2 Å². The molecule has 0 radical (unpaired) electrons. The van der Waals surface area contributed by atoms with Crippen LogP contribution in [0.1, 0.15) is 28.9 Å². The molecule has 1 N–H and O–H groups in total. The molecular formula is C29H31N3O2. The average Bonchev–Trinajstić information content (AvgIpc) is 3.20. The van der Waals surface area contributed by atoms with Gasteiger partial charge < -0.3 is 14.6 Å². The van der Waals surface area contributed by atoms with Gasteiger partial charge in [-0.15, -0.1) is 0 Å². The monoisotopic (exact) mass is 453 g/mol. The molecule has 0 aliphatic heterocycles. The number of para-hydroxylation sites is 3. The average molecular weight is 454 g/mol. The van der Waals surface area contributed by atoms with E-state index in [1.807, 2.05) is 54.6 Å². The number of nitrogens with one attached hydrogen (secondary N) is 1. The van der Waals surface area contributed by atoms with Crippen LogP contribution in [0, 0.1) is 13.8 Å². The summed E-state index contributed by atoms with van der Waals surface area (Å²) in [5.74, 6) is 1.89. The van der Waals surface area contributed by atoms with Crippen molar-refractivity contribution in [1.29, 1.82) is 0 Å². The van der Waals surface area contributed by atoms with Crippen LogP contribution in [0.15, 0.2) is 78.9 Å². The van der Waals surface area contributed by atoms with E-state index in [1.54, 1.807) is 6.08 Å². The van der Waals surface area contributed by atoms with Gasteiger partial charge in [0.15, 0.2) is 0 Å². The summed E-state index contributed by atoms with van der Waals surface area (Å²) >= 11 is 0. The Morgan fingerprint density at radius 1 is 0.971 bits per heavy atom. The molecule has 0 atom stereocenters. The van der Waals surface area contributed by atoms with Crippen LogP contribution in [0.2, 0.25) is 0 Å². The lowest BCUT2D eigenvalue weighted by molar-refractivity contribution is -0.116. The second kappa shape index (κ2) is 11.3. The number of carbonyl (C=O) groups is 1. The highest BCUT2D eigenvalue weighted by Gasteiger charge is 2.11. The van der Waals surface area contributed by atoms with Gasteiger partial charge in [0.05, 0.1) is 17.6 Å². The normalized spacial score (nSPS) is 11.2. The smallest absolute Gasteiger partial charge is 0.243 e. The molecule has 0 aliphatic carbocycles. The Bertz CT molecular complexity index is 1260. The van der Waals surface area contributed by atoms with Gasteiger partial charge in [0.2, 0.25) is 5.91 Å². The van der Waals surface area contributed by atoms with E-state index in [-0.39, 0.29) is 5.91 Å².